The van der Waals surface area contributed by atoms with Crippen LogP contribution >= 0.6 is 45.8 Å². The van der Waals surface area contributed by atoms with Crippen LogP contribution in [-0.4, -0.2) is 4.98 Å². The summed E-state index contributed by atoms with van der Waals surface area (Å²) in [6, 6.07) is 6.66. The number of hydrogen-bond donors (Lipinski definition) is 0. The monoisotopic (exact) mass is 367 g/mol. The predicted octanol–water partition coefficient (Wildman–Crippen LogP) is 4.80. The van der Waals surface area contributed by atoms with Gasteiger partial charge in [0.25, 0.3) is 0 Å². The van der Waals surface area contributed by atoms with Gasteiger partial charge in [0.05, 0.1) is 5.56 Å². The molecule has 0 amide bonds. The third-order valence-electron chi connectivity index (χ3n) is 2.01. The van der Waals surface area contributed by atoms with Crippen LogP contribution < -0.4 is 0 Å². The van der Waals surface area contributed by atoms with E-state index in [2.05, 4.69) is 4.98 Å². The van der Waals surface area contributed by atoms with Gasteiger partial charge < -0.3 is 0 Å². The van der Waals surface area contributed by atoms with Crippen molar-refractivity contribution in [2.24, 2.45) is 0 Å². The third kappa shape index (κ3) is 2.47. The molecule has 0 aliphatic rings. The minimum Gasteiger partial charge on any atom is -0.228 e. The van der Waals surface area contributed by atoms with E-state index >= 15 is 0 Å². The van der Waals surface area contributed by atoms with Gasteiger partial charge >= 0.3 is 0 Å². The molecule has 1 aromatic carbocycles. The Morgan fingerprint density at radius 1 is 1.12 bits per heavy atom. The van der Waals surface area contributed by atoms with Gasteiger partial charge in [0, 0.05) is 19.8 Å². The summed E-state index contributed by atoms with van der Waals surface area (Å²) in [6.45, 7) is 0. The Bertz CT molecular complexity index is 505. The first kappa shape index (κ1) is 12.1. The molecule has 1 heterocycles. The molecule has 0 spiro atoms. The van der Waals surface area contributed by atoms with E-state index < -0.39 is 5.95 Å². The number of pyridine rings is 1. The van der Waals surface area contributed by atoms with Gasteiger partial charge in [-0.15, -0.1) is 0 Å². The van der Waals surface area contributed by atoms with Crippen LogP contribution in [0.2, 0.25) is 10.0 Å². The Labute approximate surface area is 116 Å². The maximum atomic E-state index is 13.6. The molecule has 0 fully saturated rings. The fraction of sp³-hybridized carbons (Fsp3) is 0. The van der Waals surface area contributed by atoms with Crippen LogP contribution in [0.3, 0.4) is 0 Å². The van der Waals surface area contributed by atoms with E-state index in [1.165, 1.54) is 6.20 Å². The Kier molecular flexibility index (Phi) is 3.66. The molecule has 0 unspecified atom stereocenters. The van der Waals surface area contributed by atoms with E-state index in [4.69, 9.17) is 23.2 Å². The summed E-state index contributed by atoms with van der Waals surface area (Å²) in [5, 5.41) is 0.947. The highest BCUT2D eigenvalue weighted by molar-refractivity contribution is 14.1. The fourth-order valence-electron chi connectivity index (χ4n) is 1.37. The molecule has 82 valence electrons. The van der Waals surface area contributed by atoms with Gasteiger partial charge in [0.15, 0.2) is 0 Å². The summed E-state index contributed by atoms with van der Waals surface area (Å²) >= 11 is 13.8. The standard InChI is InChI=1S/C11H5Cl2FIN/c12-7-3-6(4-8(13)5-7)10-9(15)1-2-16-11(10)14/h1-5H. The number of benzene rings is 1. The zero-order valence-electron chi connectivity index (χ0n) is 7.85. The maximum Gasteiger partial charge on any atom is 0.221 e. The normalized spacial score (nSPS) is 10.5. The van der Waals surface area contributed by atoms with Crippen molar-refractivity contribution in [3.63, 3.8) is 0 Å². The van der Waals surface area contributed by atoms with Crippen molar-refractivity contribution in [2.45, 2.75) is 0 Å². The number of halogens is 4. The SMILES string of the molecule is Fc1nccc(I)c1-c1cc(Cl)cc(Cl)c1. The second kappa shape index (κ2) is 4.85. The van der Waals surface area contributed by atoms with Crippen molar-refractivity contribution >= 4 is 45.8 Å². The van der Waals surface area contributed by atoms with E-state index in [1.54, 1.807) is 24.3 Å². The van der Waals surface area contributed by atoms with Crippen molar-refractivity contribution in [3.8, 4) is 11.1 Å². The van der Waals surface area contributed by atoms with Crippen molar-refractivity contribution in [1.82, 2.24) is 4.98 Å². The summed E-state index contributed by atoms with van der Waals surface area (Å²) in [5.74, 6) is -0.523. The molecule has 0 N–H and O–H groups in total. The van der Waals surface area contributed by atoms with Crippen LogP contribution in [0.4, 0.5) is 4.39 Å². The molecule has 0 atom stereocenters. The lowest BCUT2D eigenvalue weighted by molar-refractivity contribution is 0.586. The Balaban J connectivity index is 2.67. The van der Waals surface area contributed by atoms with Gasteiger partial charge in [-0.05, 0) is 52.4 Å². The van der Waals surface area contributed by atoms with Gasteiger partial charge in [0.1, 0.15) is 0 Å². The molecule has 2 rings (SSSR count). The summed E-state index contributed by atoms with van der Waals surface area (Å²) < 4.78 is 14.4. The average molecular weight is 368 g/mol. The average Bonchev–Trinajstić information content (AvgIpc) is 2.15. The van der Waals surface area contributed by atoms with E-state index in [-0.39, 0.29) is 0 Å². The summed E-state index contributed by atoms with van der Waals surface area (Å²) in [4.78, 5) is 3.62. The summed E-state index contributed by atoms with van der Waals surface area (Å²) in [6.07, 6.45) is 1.42. The van der Waals surface area contributed by atoms with Crippen LogP contribution in [0.5, 0.6) is 0 Å². The molecule has 5 heteroatoms. The van der Waals surface area contributed by atoms with Crippen LogP contribution in [-0.2, 0) is 0 Å². The Morgan fingerprint density at radius 3 is 2.31 bits per heavy atom. The van der Waals surface area contributed by atoms with E-state index in [0.29, 0.717) is 21.2 Å². The lowest BCUT2D eigenvalue weighted by atomic mass is 10.1. The zero-order chi connectivity index (χ0) is 11.7. The molecule has 0 radical (unpaired) electrons. The van der Waals surface area contributed by atoms with Crippen LogP contribution in [0, 0.1) is 9.52 Å². The number of nitrogens with zero attached hydrogens (tertiary/aromatic N) is 1. The fourth-order valence-corrected chi connectivity index (χ4v) is 2.59. The van der Waals surface area contributed by atoms with Gasteiger partial charge in [-0.25, -0.2) is 4.98 Å². The first-order valence-corrected chi connectivity index (χ1v) is 6.18. The largest absolute Gasteiger partial charge is 0.228 e. The maximum absolute atomic E-state index is 13.6. The summed E-state index contributed by atoms with van der Waals surface area (Å²) in [5.41, 5.74) is 1.06. The molecular weight excluding hydrogens is 363 g/mol. The molecule has 1 nitrogen and oxygen atoms in total. The van der Waals surface area contributed by atoms with Crippen LogP contribution in [0.25, 0.3) is 11.1 Å². The van der Waals surface area contributed by atoms with Gasteiger partial charge in [-0.3, -0.25) is 0 Å². The molecule has 0 saturated carbocycles. The smallest absolute Gasteiger partial charge is 0.221 e. The van der Waals surface area contributed by atoms with Gasteiger partial charge in [0.2, 0.25) is 5.95 Å². The second-order valence-corrected chi connectivity index (χ2v) is 5.15. The van der Waals surface area contributed by atoms with E-state index in [9.17, 15) is 4.39 Å². The van der Waals surface area contributed by atoms with Gasteiger partial charge in [-0.1, -0.05) is 23.2 Å². The second-order valence-electron chi connectivity index (χ2n) is 3.12. The van der Waals surface area contributed by atoms with Crippen LogP contribution in [0.1, 0.15) is 0 Å². The van der Waals surface area contributed by atoms with E-state index in [1.807, 2.05) is 22.6 Å². The summed E-state index contributed by atoms with van der Waals surface area (Å²) in [7, 11) is 0. The molecule has 0 aliphatic heterocycles. The molecule has 16 heavy (non-hydrogen) atoms. The van der Waals surface area contributed by atoms with Crippen molar-refractivity contribution in [3.05, 3.63) is 50.0 Å². The van der Waals surface area contributed by atoms with Crippen molar-refractivity contribution in [2.75, 3.05) is 0 Å². The first-order valence-electron chi connectivity index (χ1n) is 4.34. The van der Waals surface area contributed by atoms with Crippen molar-refractivity contribution < 1.29 is 4.39 Å². The van der Waals surface area contributed by atoms with Gasteiger partial charge in [-0.2, -0.15) is 4.39 Å². The molecule has 1 aromatic heterocycles. The molecule has 0 aliphatic carbocycles. The topological polar surface area (TPSA) is 12.9 Å². The number of rotatable bonds is 1. The Hall–Kier alpha value is -0.390. The molecule has 0 bridgehead atoms. The highest BCUT2D eigenvalue weighted by atomic mass is 127. The Morgan fingerprint density at radius 2 is 1.75 bits per heavy atom. The molecule has 0 saturated heterocycles. The predicted molar refractivity (Wildman–Crippen MR) is 72.4 cm³/mol. The lowest BCUT2D eigenvalue weighted by Gasteiger charge is -2.06. The molecular formula is C11H5Cl2FIN. The quantitative estimate of drug-likeness (QED) is 0.521. The lowest BCUT2D eigenvalue weighted by Crippen LogP contribution is -1.92. The van der Waals surface area contributed by atoms with E-state index in [0.717, 1.165) is 3.57 Å². The van der Waals surface area contributed by atoms with Crippen LogP contribution in [0.15, 0.2) is 30.5 Å². The third-order valence-corrected chi connectivity index (χ3v) is 3.34. The highest BCUT2D eigenvalue weighted by Gasteiger charge is 2.11. The minimum atomic E-state index is -0.523. The number of aromatic nitrogens is 1. The highest BCUT2D eigenvalue weighted by Crippen LogP contribution is 2.31. The first-order chi connectivity index (χ1) is 7.58. The number of hydrogen-bond acceptors (Lipinski definition) is 1. The molecule has 2 aromatic rings. The zero-order valence-corrected chi connectivity index (χ0v) is 11.5. The minimum absolute atomic E-state index is 0.424. The van der Waals surface area contributed by atoms with Crippen molar-refractivity contribution in [1.29, 1.82) is 0 Å².